The lowest BCUT2D eigenvalue weighted by Gasteiger charge is -2.16. The minimum Gasteiger partial charge on any atom is -0.382 e. The van der Waals surface area contributed by atoms with Crippen molar-refractivity contribution in [3.05, 3.63) is 11.6 Å². The summed E-state index contributed by atoms with van der Waals surface area (Å²) in [6.07, 6.45) is 19.7. The molecule has 0 aromatic carbocycles. The third kappa shape index (κ3) is 13.7. The number of hydrogen-bond donors (Lipinski definition) is 0. The third-order valence-corrected chi connectivity index (χ3v) is 3.29. The van der Waals surface area contributed by atoms with Crippen molar-refractivity contribution in [2.24, 2.45) is 0 Å². The number of hydrogen-bond acceptors (Lipinski definition) is 3. The van der Waals surface area contributed by atoms with Gasteiger partial charge in [0.1, 0.15) is 6.79 Å². The number of methoxy groups -OCH3 is 1. The Morgan fingerprint density at radius 2 is 2.00 bits per heavy atom. The second-order valence-electron chi connectivity index (χ2n) is 5.25. The van der Waals surface area contributed by atoms with Crippen molar-refractivity contribution < 1.29 is 14.2 Å². The molecule has 0 aliphatic carbocycles. The zero-order valence-electron chi connectivity index (χ0n) is 14.1. The lowest BCUT2D eigenvalue weighted by molar-refractivity contribution is -0.0975. The fraction of sp³-hybridized carbons (Fsp3) is 0.684. The van der Waals surface area contributed by atoms with E-state index < -0.39 is 0 Å². The molecule has 0 saturated carbocycles. The predicted octanol–water partition coefficient (Wildman–Crippen LogP) is 3.94. The second kappa shape index (κ2) is 16.1. The van der Waals surface area contributed by atoms with E-state index >= 15 is 0 Å². The van der Waals surface area contributed by atoms with Crippen molar-refractivity contribution in [2.45, 2.75) is 58.0 Å². The van der Waals surface area contributed by atoms with E-state index in [0.717, 1.165) is 38.5 Å². The van der Waals surface area contributed by atoms with Crippen LogP contribution in [0.1, 0.15) is 51.9 Å². The highest BCUT2D eigenvalue weighted by Crippen LogP contribution is 2.14. The van der Waals surface area contributed by atoms with Gasteiger partial charge in [-0.1, -0.05) is 11.6 Å². The van der Waals surface area contributed by atoms with E-state index in [2.05, 4.69) is 24.8 Å². The van der Waals surface area contributed by atoms with Gasteiger partial charge in [-0.05, 0) is 39.0 Å². The largest absolute Gasteiger partial charge is 0.382 e. The predicted molar refractivity (Wildman–Crippen MR) is 91.3 cm³/mol. The first-order valence-corrected chi connectivity index (χ1v) is 7.95. The van der Waals surface area contributed by atoms with E-state index in [1.165, 1.54) is 5.57 Å². The summed E-state index contributed by atoms with van der Waals surface area (Å²) >= 11 is 0. The summed E-state index contributed by atoms with van der Waals surface area (Å²) in [5, 5.41) is 0. The molecule has 0 spiro atoms. The summed E-state index contributed by atoms with van der Waals surface area (Å²) in [6, 6.07) is 0. The van der Waals surface area contributed by atoms with Crippen LogP contribution in [0, 0.1) is 24.7 Å². The summed E-state index contributed by atoms with van der Waals surface area (Å²) in [6.45, 7) is 3.54. The van der Waals surface area contributed by atoms with Crippen molar-refractivity contribution in [3.8, 4) is 24.7 Å². The molecule has 0 aromatic rings. The van der Waals surface area contributed by atoms with E-state index in [9.17, 15) is 0 Å². The molecule has 0 saturated heterocycles. The van der Waals surface area contributed by atoms with Gasteiger partial charge in [0.15, 0.2) is 0 Å². The van der Waals surface area contributed by atoms with Crippen LogP contribution in [0.3, 0.4) is 0 Å². The third-order valence-electron chi connectivity index (χ3n) is 3.29. The normalized spacial score (nSPS) is 12.6. The highest BCUT2D eigenvalue weighted by molar-refractivity contribution is 4.99. The van der Waals surface area contributed by atoms with Gasteiger partial charge in [-0.2, -0.15) is 0 Å². The maximum atomic E-state index is 5.67. The van der Waals surface area contributed by atoms with Crippen LogP contribution in [0.25, 0.3) is 0 Å². The number of unbranched alkanes of at least 4 members (excludes halogenated alkanes) is 3. The lowest BCUT2D eigenvalue weighted by atomic mass is 10.0. The maximum absolute atomic E-state index is 5.67. The monoisotopic (exact) mass is 306 g/mol. The Bertz CT molecular complexity index is 360. The molecule has 0 amide bonds. The van der Waals surface area contributed by atoms with Gasteiger partial charge in [-0.3, -0.25) is 0 Å². The molecule has 0 aromatic heterocycles. The van der Waals surface area contributed by atoms with E-state index in [-0.39, 0.29) is 12.9 Å². The average molecular weight is 306 g/mol. The van der Waals surface area contributed by atoms with Crippen molar-refractivity contribution in [1.82, 2.24) is 0 Å². The van der Waals surface area contributed by atoms with Crippen LogP contribution in [0.5, 0.6) is 0 Å². The van der Waals surface area contributed by atoms with E-state index in [0.29, 0.717) is 19.6 Å². The molecule has 0 N–H and O–H groups in total. The Hall–Kier alpha value is -1.26. The highest BCUT2D eigenvalue weighted by Gasteiger charge is 2.08. The van der Waals surface area contributed by atoms with Crippen molar-refractivity contribution in [3.63, 3.8) is 0 Å². The molecule has 124 valence electrons. The first-order chi connectivity index (χ1) is 10.7. The van der Waals surface area contributed by atoms with Crippen LogP contribution in [0.4, 0.5) is 0 Å². The molecule has 0 radical (unpaired) electrons. The molecule has 0 fully saturated rings. The van der Waals surface area contributed by atoms with E-state index in [4.69, 9.17) is 27.1 Å². The van der Waals surface area contributed by atoms with Crippen LogP contribution >= 0.6 is 0 Å². The molecule has 1 atom stereocenters. The van der Waals surface area contributed by atoms with Gasteiger partial charge >= 0.3 is 0 Å². The molecule has 0 bridgehead atoms. The van der Waals surface area contributed by atoms with Crippen LogP contribution in [0.2, 0.25) is 0 Å². The van der Waals surface area contributed by atoms with Crippen LogP contribution < -0.4 is 0 Å². The number of rotatable bonds is 14. The highest BCUT2D eigenvalue weighted by atomic mass is 16.7. The topological polar surface area (TPSA) is 27.7 Å². The SMILES string of the molecule is C#CCCCC/C=C(\C)CC[C@@H](CC#C)OCOCCOC. The van der Waals surface area contributed by atoms with Gasteiger partial charge in [-0.25, -0.2) is 0 Å². The van der Waals surface area contributed by atoms with Crippen LogP contribution in [0.15, 0.2) is 11.6 Å². The number of ether oxygens (including phenoxy) is 3. The minimum atomic E-state index is 0.0531. The smallest absolute Gasteiger partial charge is 0.147 e. The second-order valence-corrected chi connectivity index (χ2v) is 5.25. The quantitative estimate of drug-likeness (QED) is 0.211. The van der Waals surface area contributed by atoms with Gasteiger partial charge in [-0.15, -0.1) is 24.7 Å². The van der Waals surface area contributed by atoms with Gasteiger partial charge in [0.2, 0.25) is 0 Å². The standard InChI is InChI=1S/C19H30O3/c1-5-7-8-9-10-12-18(3)13-14-19(11-6-2)22-17-21-16-15-20-4/h1-2,12,19H,7-11,13-17H2,3-4H3/b18-12+/t19-/m1/s1. The molecule has 0 unspecified atom stereocenters. The Kier molecular flexibility index (Phi) is 15.2. The first-order valence-electron chi connectivity index (χ1n) is 7.95. The summed E-state index contributed by atoms with van der Waals surface area (Å²) in [7, 11) is 1.65. The molecule has 22 heavy (non-hydrogen) atoms. The number of allylic oxidation sites excluding steroid dienone is 2. The molecular weight excluding hydrogens is 276 g/mol. The van der Waals surface area contributed by atoms with Gasteiger partial charge in [0, 0.05) is 20.0 Å². The van der Waals surface area contributed by atoms with Crippen molar-refractivity contribution in [1.29, 1.82) is 0 Å². The Balaban J connectivity index is 3.85. The molecule has 0 heterocycles. The molecule has 0 aliphatic rings. The van der Waals surface area contributed by atoms with Crippen molar-refractivity contribution >= 4 is 0 Å². The zero-order chi connectivity index (χ0) is 16.5. The summed E-state index contributed by atoms with van der Waals surface area (Å²) in [5.41, 5.74) is 1.38. The first kappa shape index (κ1) is 20.7. The fourth-order valence-electron chi connectivity index (χ4n) is 1.93. The molecule has 3 nitrogen and oxygen atoms in total. The van der Waals surface area contributed by atoms with E-state index in [1.54, 1.807) is 7.11 Å². The molecule has 0 rings (SSSR count). The summed E-state index contributed by atoms with van der Waals surface area (Å²) in [4.78, 5) is 0. The van der Waals surface area contributed by atoms with E-state index in [1.807, 2.05) is 0 Å². The lowest BCUT2D eigenvalue weighted by Crippen LogP contribution is -2.16. The molecular formula is C19H30O3. The summed E-state index contributed by atoms with van der Waals surface area (Å²) < 4.78 is 15.9. The number of terminal acetylenes is 2. The molecule has 0 aliphatic heterocycles. The Morgan fingerprint density at radius 3 is 2.68 bits per heavy atom. The fourth-order valence-corrected chi connectivity index (χ4v) is 1.93. The van der Waals surface area contributed by atoms with Crippen LogP contribution in [-0.2, 0) is 14.2 Å². The average Bonchev–Trinajstić information content (AvgIpc) is 2.52. The van der Waals surface area contributed by atoms with Crippen LogP contribution in [-0.4, -0.2) is 33.2 Å². The zero-order valence-corrected chi connectivity index (χ0v) is 14.1. The van der Waals surface area contributed by atoms with Gasteiger partial charge in [0.05, 0.1) is 19.3 Å². The van der Waals surface area contributed by atoms with Crippen molar-refractivity contribution in [2.75, 3.05) is 27.1 Å². The Labute approximate surface area is 136 Å². The van der Waals surface area contributed by atoms with Gasteiger partial charge < -0.3 is 14.2 Å². The summed E-state index contributed by atoms with van der Waals surface area (Å²) in [5.74, 6) is 5.33. The Morgan fingerprint density at radius 1 is 1.18 bits per heavy atom. The van der Waals surface area contributed by atoms with Gasteiger partial charge in [0.25, 0.3) is 0 Å². The maximum Gasteiger partial charge on any atom is 0.147 e. The molecule has 3 heteroatoms. The minimum absolute atomic E-state index is 0.0531.